The van der Waals surface area contributed by atoms with Crippen molar-refractivity contribution in [1.29, 1.82) is 0 Å². The number of unbranched alkanes of at least 4 members (excludes halogenated alkanes) is 1. The molecule has 12 atom stereocenters. The van der Waals surface area contributed by atoms with E-state index in [-0.39, 0.29) is 6.23 Å². The molecule has 5 fully saturated rings. The molecular weight excluding hydrogens is 430 g/mol. The third-order valence-electron chi connectivity index (χ3n) is 12.5. The van der Waals surface area contributed by atoms with Gasteiger partial charge in [0.05, 0.1) is 6.10 Å². The maximum absolute atomic E-state index is 6.80. The average Bonchev–Trinajstić information content (AvgIpc) is 3.33. The molecule has 0 aromatic heterocycles. The first-order chi connectivity index (χ1) is 16.8. The Balaban J connectivity index is 1.22. The number of hydrogen-bond acceptors (Lipinski definition) is 4. The predicted molar refractivity (Wildman–Crippen MR) is 146 cm³/mol. The van der Waals surface area contributed by atoms with E-state index in [0.717, 1.165) is 67.6 Å². The lowest BCUT2D eigenvalue weighted by atomic mass is 9.44. The minimum absolute atomic E-state index is 0.274. The average molecular weight is 488 g/mol. The van der Waals surface area contributed by atoms with Gasteiger partial charge >= 0.3 is 0 Å². The van der Waals surface area contributed by atoms with Gasteiger partial charge in [0.2, 0.25) is 0 Å². The van der Waals surface area contributed by atoms with E-state index >= 15 is 0 Å². The molecule has 202 valence electrons. The molecule has 35 heavy (non-hydrogen) atoms. The van der Waals surface area contributed by atoms with Gasteiger partial charge in [-0.25, -0.2) is 0 Å². The predicted octanol–water partition coefficient (Wildman–Crippen LogP) is 5.95. The molecule has 4 aliphatic carbocycles. The molecule has 1 heterocycles. The van der Waals surface area contributed by atoms with E-state index in [2.05, 4.69) is 45.3 Å². The van der Waals surface area contributed by atoms with Crippen molar-refractivity contribution < 1.29 is 4.74 Å². The molecule has 5 aliphatic rings. The van der Waals surface area contributed by atoms with Crippen molar-refractivity contribution in [1.82, 2.24) is 10.6 Å². The zero-order valence-electron chi connectivity index (χ0n) is 23.7. The van der Waals surface area contributed by atoms with Crippen LogP contribution in [-0.4, -0.2) is 38.0 Å². The fraction of sp³-hybridized carbons (Fsp3) is 1.00. The molecule has 0 bridgehead atoms. The molecule has 4 heteroatoms. The molecule has 0 spiro atoms. The maximum Gasteiger partial charge on any atom is 0.111 e. The number of nitrogens with one attached hydrogen (secondary N) is 2. The Morgan fingerprint density at radius 2 is 1.77 bits per heavy atom. The Morgan fingerprint density at radius 3 is 2.54 bits per heavy atom. The number of ether oxygens (including phenoxy) is 1. The summed E-state index contributed by atoms with van der Waals surface area (Å²) in [5.74, 6) is 5.84. The van der Waals surface area contributed by atoms with E-state index in [1.807, 2.05) is 0 Å². The van der Waals surface area contributed by atoms with E-state index < -0.39 is 0 Å². The smallest absolute Gasteiger partial charge is 0.111 e. The molecule has 4 nitrogen and oxygen atoms in total. The van der Waals surface area contributed by atoms with E-state index in [1.165, 1.54) is 64.2 Å². The Labute approximate surface area is 216 Å². The monoisotopic (exact) mass is 487 g/mol. The van der Waals surface area contributed by atoms with Crippen LogP contribution in [-0.2, 0) is 4.74 Å². The van der Waals surface area contributed by atoms with Crippen molar-refractivity contribution in [3.63, 3.8) is 0 Å². The van der Waals surface area contributed by atoms with Gasteiger partial charge in [0.25, 0.3) is 0 Å². The van der Waals surface area contributed by atoms with E-state index in [1.54, 1.807) is 0 Å². The van der Waals surface area contributed by atoms with Gasteiger partial charge in [-0.1, -0.05) is 41.0 Å². The summed E-state index contributed by atoms with van der Waals surface area (Å²) < 4.78 is 6.80. The lowest BCUT2D eigenvalue weighted by Gasteiger charge is -2.61. The fourth-order valence-electron chi connectivity index (χ4n) is 10.3. The highest BCUT2D eigenvalue weighted by molar-refractivity contribution is 5.14. The Bertz CT molecular complexity index is 715. The highest BCUT2D eigenvalue weighted by atomic mass is 16.5. The van der Waals surface area contributed by atoms with Gasteiger partial charge in [-0.05, 0) is 124 Å². The summed E-state index contributed by atoms with van der Waals surface area (Å²) in [5, 5.41) is 7.71. The second-order valence-electron chi connectivity index (χ2n) is 14.3. The maximum atomic E-state index is 6.80. The van der Waals surface area contributed by atoms with Crippen molar-refractivity contribution in [3.8, 4) is 0 Å². The summed E-state index contributed by atoms with van der Waals surface area (Å²) in [4.78, 5) is 0. The number of fused-ring (bicyclic) bond motifs is 7. The summed E-state index contributed by atoms with van der Waals surface area (Å²) in [7, 11) is 0. The summed E-state index contributed by atoms with van der Waals surface area (Å²) >= 11 is 0. The van der Waals surface area contributed by atoms with Gasteiger partial charge in [-0.3, -0.25) is 5.32 Å². The standard InChI is InChI=1S/C31H57N3O/c1-6-20(2)19-34-29-21(3)28-27(35-29)18-26-24-10-9-22-17-23(33-16-8-7-15-32)11-13-30(22,4)25(24)12-14-31(26,28)5/h20-29,33-34H,6-19,32H2,1-5H3/t20-,21-,22?,23?,24+,25?,26?,27?,28?,29-,30-,31-/m0/s1. The van der Waals surface area contributed by atoms with Crippen molar-refractivity contribution in [2.75, 3.05) is 19.6 Å². The lowest BCUT2D eigenvalue weighted by molar-refractivity contribution is -0.119. The zero-order valence-corrected chi connectivity index (χ0v) is 23.7. The molecule has 4 N–H and O–H groups in total. The van der Waals surface area contributed by atoms with E-state index in [0.29, 0.717) is 22.9 Å². The van der Waals surface area contributed by atoms with Crippen molar-refractivity contribution >= 4 is 0 Å². The molecule has 0 radical (unpaired) electrons. The third-order valence-corrected chi connectivity index (χ3v) is 12.5. The topological polar surface area (TPSA) is 59.3 Å². The number of rotatable bonds is 9. The van der Waals surface area contributed by atoms with Gasteiger partial charge in [0.15, 0.2) is 0 Å². The summed E-state index contributed by atoms with van der Waals surface area (Å²) in [6, 6.07) is 0.746. The highest BCUT2D eigenvalue weighted by Crippen LogP contribution is 2.69. The summed E-state index contributed by atoms with van der Waals surface area (Å²) in [6.45, 7) is 15.6. The minimum Gasteiger partial charge on any atom is -0.360 e. The molecule has 0 aromatic rings. The first-order valence-corrected chi connectivity index (χ1v) is 15.6. The van der Waals surface area contributed by atoms with Gasteiger partial charge in [0.1, 0.15) is 6.23 Å². The van der Waals surface area contributed by atoms with E-state index in [9.17, 15) is 0 Å². The zero-order chi connectivity index (χ0) is 24.8. The lowest BCUT2D eigenvalue weighted by Crippen LogP contribution is -2.55. The molecular formula is C31H57N3O. The Hall–Kier alpha value is -0.160. The largest absolute Gasteiger partial charge is 0.360 e. The van der Waals surface area contributed by atoms with Crippen LogP contribution in [0.3, 0.4) is 0 Å². The Morgan fingerprint density at radius 1 is 0.971 bits per heavy atom. The summed E-state index contributed by atoms with van der Waals surface area (Å²) in [5.41, 5.74) is 6.76. The van der Waals surface area contributed by atoms with Crippen molar-refractivity contribution in [2.24, 2.45) is 58.0 Å². The van der Waals surface area contributed by atoms with Crippen LogP contribution in [0.15, 0.2) is 0 Å². The first-order valence-electron chi connectivity index (χ1n) is 15.6. The van der Waals surface area contributed by atoms with Gasteiger partial charge in [-0.2, -0.15) is 0 Å². The van der Waals surface area contributed by atoms with Crippen LogP contribution >= 0.6 is 0 Å². The van der Waals surface area contributed by atoms with Crippen LogP contribution in [0.1, 0.15) is 105 Å². The molecule has 0 aromatic carbocycles. The Kier molecular flexibility index (Phi) is 7.97. The first kappa shape index (κ1) is 26.4. The molecule has 1 saturated heterocycles. The van der Waals surface area contributed by atoms with Gasteiger partial charge in [0, 0.05) is 18.5 Å². The van der Waals surface area contributed by atoms with Crippen LogP contribution in [0.5, 0.6) is 0 Å². The second-order valence-corrected chi connectivity index (χ2v) is 14.3. The normalized spacial score (nSPS) is 49.7. The van der Waals surface area contributed by atoms with Crippen LogP contribution in [0, 0.1) is 52.3 Å². The second kappa shape index (κ2) is 10.5. The van der Waals surface area contributed by atoms with Gasteiger partial charge in [-0.15, -0.1) is 0 Å². The van der Waals surface area contributed by atoms with Crippen LogP contribution in [0.25, 0.3) is 0 Å². The van der Waals surface area contributed by atoms with Crippen LogP contribution in [0.2, 0.25) is 0 Å². The highest BCUT2D eigenvalue weighted by Gasteiger charge is 2.65. The van der Waals surface area contributed by atoms with E-state index in [4.69, 9.17) is 10.5 Å². The van der Waals surface area contributed by atoms with Crippen molar-refractivity contribution in [2.45, 2.75) is 124 Å². The SMILES string of the molecule is CC[C@H](C)CN[C@H]1OC2CC3[C@@H]4CCC5CC(NCCCCN)CC[C@]5(C)C4CC[C@]3(C)C2[C@@H]1C. The summed E-state index contributed by atoms with van der Waals surface area (Å²) in [6.07, 6.45) is 15.8. The number of nitrogens with two attached hydrogens (primary N) is 1. The van der Waals surface area contributed by atoms with Crippen LogP contribution < -0.4 is 16.4 Å². The minimum atomic E-state index is 0.274. The fourth-order valence-corrected chi connectivity index (χ4v) is 10.3. The molecule has 6 unspecified atom stereocenters. The molecule has 0 amide bonds. The van der Waals surface area contributed by atoms with Crippen LogP contribution in [0.4, 0.5) is 0 Å². The molecule has 1 aliphatic heterocycles. The molecule has 4 saturated carbocycles. The third kappa shape index (κ3) is 4.66. The molecule has 5 rings (SSSR count). The quantitative estimate of drug-likeness (QED) is 0.352. The van der Waals surface area contributed by atoms with Crippen molar-refractivity contribution in [3.05, 3.63) is 0 Å². The number of hydrogen-bond donors (Lipinski definition) is 3. The van der Waals surface area contributed by atoms with Gasteiger partial charge < -0.3 is 15.8 Å².